The van der Waals surface area contributed by atoms with Crippen LogP contribution < -0.4 is 0 Å². The van der Waals surface area contributed by atoms with Gasteiger partial charge in [0, 0.05) is 0 Å². The van der Waals surface area contributed by atoms with Crippen molar-refractivity contribution in [1.82, 2.24) is 0 Å². The van der Waals surface area contributed by atoms with Gasteiger partial charge in [-0.25, -0.2) is 0 Å². The van der Waals surface area contributed by atoms with E-state index in [9.17, 15) is 0 Å². The van der Waals surface area contributed by atoms with Crippen molar-refractivity contribution in [1.29, 1.82) is 0 Å². The molecule has 0 spiro atoms. The lowest BCUT2D eigenvalue weighted by atomic mass is 9.84. The maximum Gasteiger partial charge on any atom is -0.0357 e. The largest absolute Gasteiger partial charge is 0.0654 e. The van der Waals surface area contributed by atoms with Crippen molar-refractivity contribution in [3.63, 3.8) is 0 Å². The third-order valence-electron chi connectivity index (χ3n) is 2.91. The second-order valence-electron chi connectivity index (χ2n) is 4.68. The van der Waals surface area contributed by atoms with Crippen LogP contribution >= 0.6 is 0 Å². The van der Waals surface area contributed by atoms with Gasteiger partial charge in [-0.1, -0.05) is 66.2 Å². The van der Waals surface area contributed by atoms with Crippen molar-refractivity contribution in [2.45, 2.75) is 72.6 Å². The van der Waals surface area contributed by atoms with E-state index in [0.29, 0.717) is 5.41 Å². The van der Waals surface area contributed by atoms with Gasteiger partial charge in [-0.05, 0) is 11.8 Å². The average Bonchev–Trinajstić information content (AvgIpc) is 2.04. The first kappa shape index (κ1) is 12.0. The Kier molecular flexibility index (Phi) is 6.51. The van der Waals surface area contributed by atoms with Gasteiger partial charge >= 0.3 is 0 Å². The van der Waals surface area contributed by atoms with Gasteiger partial charge in [-0.2, -0.15) is 0 Å². The van der Waals surface area contributed by atoms with Crippen LogP contribution in [0.15, 0.2) is 0 Å². The molecule has 12 heavy (non-hydrogen) atoms. The number of hydrogen-bond acceptors (Lipinski definition) is 0. The van der Waals surface area contributed by atoms with E-state index >= 15 is 0 Å². The minimum Gasteiger partial charge on any atom is -0.0654 e. The molecule has 0 aromatic carbocycles. The highest BCUT2D eigenvalue weighted by molar-refractivity contribution is 4.65. The van der Waals surface area contributed by atoms with E-state index in [1.165, 1.54) is 44.9 Å². The number of hydrogen-bond donors (Lipinski definition) is 0. The number of unbranched alkanes of at least 4 members (excludes halogenated alkanes) is 4. The van der Waals surface area contributed by atoms with Crippen molar-refractivity contribution in [2.24, 2.45) is 5.41 Å². The molecule has 0 fully saturated rings. The van der Waals surface area contributed by atoms with Crippen LogP contribution in [0.1, 0.15) is 72.6 Å². The molecule has 0 heteroatoms. The van der Waals surface area contributed by atoms with Crippen LogP contribution in [0.25, 0.3) is 0 Å². The highest BCUT2D eigenvalue weighted by Gasteiger charge is 2.13. The van der Waals surface area contributed by atoms with E-state index in [1.54, 1.807) is 0 Å². The molecular weight excluding hydrogens is 144 g/mol. The van der Waals surface area contributed by atoms with Gasteiger partial charge in [0.2, 0.25) is 0 Å². The summed E-state index contributed by atoms with van der Waals surface area (Å²) in [5.74, 6) is 0. The molecule has 0 unspecified atom stereocenters. The zero-order valence-corrected chi connectivity index (χ0v) is 9.45. The quantitative estimate of drug-likeness (QED) is 0.482. The Morgan fingerprint density at radius 1 is 0.833 bits per heavy atom. The van der Waals surface area contributed by atoms with Gasteiger partial charge in [0.25, 0.3) is 0 Å². The average molecular weight is 170 g/mol. The zero-order chi connectivity index (χ0) is 9.45. The molecule has 0 aliphatic carbocycles. The summed E-state index contributed by atoms with van der Waals surface area (Å²) in [6.45, 7) is 9.33. The third-order valence-corrected chi connectivity index (χ3v) is 2.91. The third kappa shape index (κ3) is 6.69. The Balaban J connectivity index is 3.19. The highest BCUT2D eigenvalue weighted by Crippen LogP contribution is 2.27. The molecule has 0 nitrogen and oxygen atoms in total. The molecule has 0 aliphatic heterocycles. The predicted molar refractivity (Wildman–Crippen MR) is 57.4 cm³/mol. The topological polar surface area (TPSA) is 0 Å². The Morgan fingerprint density at radius 2 is 1.42 bits per heavy atom. The standard InChI is InChI=1S/C12H26/c1-5-7-8-9-10-11-12(3,4)6-2/h5-11H2,1-4H3. The van der Waals surface area contributed by atoms with Crippen LogP contribution in [0.4, 0.5) is 0 Å². The van der Waals surface area contributed by atoms with Crippen molar-refractivity contribution in [3.05, 3.63) is 0 Å². The Labute approximate surface area is 78.8 Å². The molecule has 0 aliphatic rings. The van der Waals surface area contributed by atoms with E-state index in [2.05, 4.69) is 27.7 Å². The molecule has 0 N–H and O–H groups in total. The number of rotatable bonds is 7. The van der Waals surface area contributed by atoms with Crippen LogP contribution in [0.5, 0.6) is 0 Å². The summed E-state index contributed by atoms with van der Waals surface area (Å²) in [7, 11) is 0. The van der Waals surface area contributed by atoms with Crippen LogP contribution in [-0.2, 0) is 0 Å². The molecule has 0 saturated carbocycles. The lowest BCUT2D eigenvalue weighted by Gasteiger charge is -2.22. The minimum atomic E-state index is 0.589. The van der Waals surface area contributed by atoms with Gasteiger partial charge in [-0.15, -0.1) is 0 Å². The highest BCUT2D eigenvalue weighted by atomic mass is 14.2. The van der Waals surface area contributed by atoms with Crippen LogP contribution in [0.2, 0.25) is 0 Å². The van der Waals surface area contributed by atoms with E-state index in [0.717, 1.165) is 0 Å². The summed E-state index contributed by atoms with van der Waals surface area (Å²) < 4.78 is 0. The fourth-order valence-corrected chi connectivity index (χ4v) is 1.38. The second kappa shape index (κ2) is 6.51. The molecule has 0 heterocycles. The fourth-order valence-electron chi connectivity index (χ4n) is 1.38. The van der Waals surface area contributed by atoms with E-state index < -0.39 is 0 Å². The van der Waals surface area contributed by atoms with Crippen LogP contribution in [-0.4, -0.2) is 0 Å². The first-order valence-electron chi connectivity index (χ1n) is 5.62. The van der Waals surface area contributed by atoms with Gasteiger partial charge in [0.05, 0.1) is 0 Å². The Bertz CT molecular complexity index is 92.2. The smallest absolute Gasteiger partial charge is 0.0357 e. The summed E-state index contributed by atoms with van der Waals surface area (Å²) in [5, 5.41) is 0. The Hall–Kier alpha value is 0. The summed E-state index contributed by atoms with van der Waals surface area (Å²) in [6.07, 6.45) is 9.83. The monoisotopic (exact) mass is 170 g/mol. The van der Waals surface area contributed by atoms with E-state index in [1.807, 2.05) is 0 Å². The Morgan fingerprint density at radius 3 is 1.92 bits per heavy atom. The summed E-state index contributed by atoms with van der Waals surface area (Å²) in [6, 6.07) is 0. The lowest BCUT2D eigenvalue weighted by molar-refractivity contribution is 0.307. The molecule has 0 saturated heterocycles. The van der Waals surface area contributed by atoms with E-state index in [4.69, 9.17) is 0 Å². The lowest BCUT2D eigenvalue weighted by Crippen LogP contribution is -2.08. The van der Waals surface area contributed by atoms with Crippen molar-refractivity contribution >= 4 is 0 Å². The van der Waals surface area contributed by atoms with Gasteiger partial charge in [0.15, 0.2) is 0 Å². The van der Waals surface area contributed by atoms with Crippen molar-refractivity contribution in [3.8, 4) is 0 Å². The summed E-state index contributed by atoms with van der Waals surface area (Å²) in [4.78, 5) is 0. The first-order valence-corrected chi connectivity index (χ1v) is 5.62. The van der Waals surface area contributed by atoms with Gasteiger partial charge < -0.3 is 0 Å². The van der Waals surface area contributed by atoms with Crippen molar-refractivity contribution in [2.75, 3.05) is 0 Å². The fraction of sp³-hybridized carbons (Fsp3) is 1.00. The SMILES string of the molecule is CCCCCCCC(C)(C)CC. The molecule has 74 valence electrons. The van der Waals surface area contributed by atoms with Crippen LogP contribution in [0.3, 0.4) is 0 Å². The molecular formula is C12H26. The molecule has 0 amide bonds. The van der Waals surface area contributed by atoms with E-state index in [-0.39, 0.29) is 0 Å². The molecule has 0 radical (unpaired) electrons. The molecule has 0 aromatic heterocycles. The van der Waals surface area contributed by atoms with Gasteiger partial charge in [-0.3, -0.25) is 0 Å². The predicted octanol–water partition coefficient (Wildman–Crippen LogP) is 4.78. The van der Waals surface area contributed by atoms with Crippen LogP contribution in [0, 0.1) is 5.41 Å². The minimum absolute atomic E-state index is 0.589. The molecule has 0 atom stereocenters. The zero-order valence-electron chi connectivity index (χ0n) is 9.45. The van der Waals surface area contributed by atoms with Gasteiger partial charge in [0.1, 0.15) is 0 Å². The normalized spacial score (nSPS) is 12.0. The summed E-state index contributed by atoms with van der Waals surface area (Å²) >= 11 is 0. The molecule has 0 aromatic rings. The maximum atomic E-state index is 2.38. The second-order valence-corrected chi connectivity index (χ2v) is 4.68. The molecule has 0 bridgehead atoms. The summed E-state index contributed by atoms with van der Waals surface area (Å²) in [5.41, 5.74) is 0.589. The maximum absolute atomic E-state index is 2.38. The first-order chi connectivity index (χ1) is 5.62. The molecule has 0 rings (SSSR count). The van der Waals surface area contributed by atoms with Crippen molar-refractivity contribution < 1.29 is 0 Å².